The highest BCUT2D eigenvalue weighted by Gasteiger charge is 2.46. The summed E-state index contributed by atoms with van der Waals surface area (Å²) in [5.41, 5.74) is 4.92. The fraction of sp³-hybridized carbons (Fsp3) is 0.667. The molecular weight excluding hydrogens is 552 g/mol. The van der Waals surface area contributed by atoms with E-state index in [4.69, 9.17) is 34.8 Å². The molecule has 3 rings (SSSR count). The average molecular weight is 577 g/mol. The zero-order valence-electron chi connectivity index (χ0n) is 18.4. The number of aromatic nitrogens is 2. The smallest absolute Gasteiger partial charge is 0.387 e. The molecule has 0 unspecified atom stereocenters. The number of phosphoric ester groups is 2. The number of nitrogens with one attached hydrogen (secondary N) is 1. The molecule has 2 aliphatic rings. The molecule has 0 radical (unpaired) electrons. The number of imidazole rings is 1. The Hall–Kier alpha value is -1.87. The van der Waals surface area contributed by atoms with Crippen molar-refractivity contribution in [3.8, 4) is 0 Å². The number of nitrogens with two attached hydrogens (primary N) is 1. The van der Waals surface area contributed by atoms with E-state index in [9.17, 15) is 34.4 Å². The van der Waals surface area contributed by atoms with Crippen LogP contribution in [0.4, 0.5) is 5.82 Å². The van der Waals surface area contributed by atoms with Gasteiger partial charge in [0, 0.05) is 0 Å². The summed E-state index contributed by atoms with van der Waals surface area (Å²) in [6, 6.07) is 0. The first-order valence-electron chi connectivity index (χ1n) is 10.2. The number of hydrogen-bond acceptors (Lipinski definition) is 13. The Kier molecular flexibility index (Phi) is 9.21. The van der Waals surface area contributed by atoms with Gasteiger partial charge in [0.15, 0.2) is 18.1 Å². The SMILES string of the molecule is NC(=O)c1ncn([C@@H]2O[C@H](COP(=O)(O)O)[C@@H](O)[C@H]2O)c1N/C=N/[C@@H]1O[C@H](COP(=O)(O)O)[C@@H](O)[C@H]1O. The molecule has 11 N–H and O–H groups in total. The Bertz CT molecular complexity index is 1090. The lowest BCUT2D eigenvalue weighted by molar-refractivity contribution is -0.0511. The van der Waals surface area contributed by atoms with Crippen LogP contribution in [0.2, 0.25) is 0 Å². The largest absolute Gasteiger partial charge is 0.469 e. The number of aliphatic imine (C=N–C) groups is 1. The van der Waals surface area contributed by atoms with Crippen LogP contribution in [-0.4, -0.2) is 118 Å². The van der Waals surface area contributed by atoms with Gasteiger partial charge in [-0.25, -0.2) is 19.1 Å². The highest BCUT2D eigenvalue weighted by Crippen LogP contribution is 2.39. The number of hydrogen-bond donors (Lipinski definition) is 10. The van der Waals surface area contributed by atoms with Crippen molar-refractivity contribution in [1.82, 2.24) is 9.55 Å². The summed E-state index contributed by atoms with van der Waals surface area (Å²) in [5.74, 6) is -1.26. The van der Waals surface area contributed by atoms with Crippen LogP contribution in [0.25, 0.3) is 0 Å². The Labute approximate surface area is 206 Å². The van der Waals surface area contributed by atoms with Crippen LogP contribution in [0.5, 0.6) is 0 Å². The Morgan fingerprint density at radius 2 is 1.57 bits per heavy atom. The van der Waals surface area contributed by atoms with Crippen molar-refractivity contribution in [2.45, 2.75) is 49.1 Å². The number of rotatable bonds is 11. The van der Waals surface area contributed by atoms with Gasteiger partial charge in [-0.3, -0.25) is 18.4 Å². The van der Waals surface area contributed by atoms with E-state index < -0.39 is 83.8 Å². The predicted molar refractivity (Wildman–Crippen MR) is 115 cm³/mol. The molecule has 22 heteroatoms. The maximum absolute atomic E-state index is 11.8. The second-order valence-electron chi connectivity index (χ2n) is 7.80. The van der Waals surface area contributed by atoms with Crippen molar-refractivity contribution in [2.24, 2.45) is 10.7 Å². The van der Waals surface area contributed by atoms with Crippen LogP contribution >= 0.6 is 15.6 Å². The van der Waals surface area contributed by atoms with Crippen molar-refractivity contribution in [1.29, 1.82) is 0 Å². The molecule has 2 fully saturated rings. The van der Waals surface area contributed by atoms with Gasteiger partial charge in [0.05, 0.1) is 25.9 Å². The Morgan fingerprint density at radius 1 is 1.03 bits per heavy atom. The number of aliphatic hydroxyl groups excluding tert-OH is 4. The van der Waals surface area contributed by atoms with Crippen molar-refractivity contribution in [3.05, 3.63) is 12.0 Å². The fourth-order valence-corrected chi connectivity index (χ4v) is 4.16. The van der Waals surface area contributed by atoms with E-state index in [-0.39, 0.29) is 11.5 Å². The molecule has 1 aromatic rings. The van der Waals surface area contributed by atoms with Gasteiger partial charge in [-0.05, 0) is 0 Å². The van der Waals surface area contributed by atoms with E-state index in [1.807, 2.05) is 0 Å². The van der Waals surface area contributed by atoms with Gasteiger partial charge in [0.1, 0.15) is 42.4 Å². The Morgan fingerprint density at radius 3 is 2.11 bits per heavy atom. The van der Waals surface area contributed by atoms with E-state index >= 15 is 0 Å². The maximum atomic E-state index is 11.8. The van der Waals surface area contributed by atoms with E-state index in [0.717, 1.165) is 17.2 Å². The third-order valence-corrected chi connectivity index (χ3v) is 6.18. The van der Waals surface area contributed by atoms with Crippen LogP contribution in [0, 0.1) is 0 Å². The van der Waals surface area contributed by atoms with E-state index in [1.165, 1.54) is 0 Å². The minimum atomic E-state index is -4.91. The number of phosphoric acid groups is 2. The number of nitrogens with zero attached hydrogens (tertiary/aromatic N) is 3. The van der Waals surface area contributed by atoms with Crippen LogP contribution in [0.15, 0.2) is 11.3 Å². The highest BCUT2D eigenvalue weighted by molar-refractivity contribution is 7.46. The molecule has 0 aromatic carbocycles. The number of carbonyl (C=O) groups is 1. The molecule has 0 spiro atoms. The number of amides is 1. The molecular formula is C15H25N5O15P2. The number of aliphatic hydroxyl groups is 4. The zero-order valence-corrected chi connectivity index (χ0v) is 20.2. The minimum Gasteiger partial charge on any atom is -0.387 e. The predicted octanol–water partition coefficient (Wildman–Crippen LogP) is -4.29. The van der Waals surface area contributed by atoms with Crippen LogP contribution in [0.1, 0.15) is 16.7 Å². The van der Waals surface area contributed by atoms with Gasteiger partial charge in [0.2, 0.25) is 0 Å². The van der Waals surface area contributed by atoms with Crippen LogP contribution in [-0.2, 0) is 27.7 Å². The summed E-state index contributed by atoms with van der Waals surface area (Å²) in [6.07, 6.45) is -10.3. The molecule has 0 bridgehead atoms. The monoisotopic (exact) mass is 577 g/mol. The lowest BCUT2D eigenvalue weighted by atomic mass is 10.1. The number of carbonyl (C=O) groups excluding carboxylic acids is 1. The summed E-state index contributed by atoms with van der Waals surface area (Å²) in [5, 5.41) is 43.1. The molecule has 20 nitrogen and oxygen atoms in total. The summed E-state index contributed by atoms with van der Waals surface area (Å²) in [7, 11) is -9.78. The maximum Gasteiger partial charge on any atom is 0.469 e. The standard InChI is InChI=1S/C15H25N5O15P2/c16-12(25)7-13(17-3-18-14-10(23)8(21)5(34-14)1-32-36(26,27)28)20(4-19-7)15-11(24)9(22)6(35-15)2-33-37(29,30)31/h3-6,8-11,14-15,21-24H,1-2H2,(H2,16,25)(H,17,18)(H2,26,27,28)(H2,29,30,31)/t5-,6-,8-,9-,10-,11-,14-,15-/m1/s1. The van der Waals surface area contributed by atoms with Crippen LogP contribution in [0.3, 0.4) is 0 Å². The van der Waals surface area contributed by atoms with Gasteiger partial charge >= 0.3 is 15.6 Å². The lowest BCUT2D eigenvalue weighted by Gasteiger charge is -2.19. The quantitative estimate of drug-likeness (QED) is 0.0675. The average Bonchev–Trinajstić information content (AvgIpc) is 3.41. The summed E-state index contributed by atoms with van der Waals surface area (Å²) in [4.78, 5) is 54.6. The fourth-order valence-electron chi connectivity index (χ4n) is 3.48. The van der Waals surface area contributed by atoms with Gasteiger partial charge < -0.3 is 60.5 Å². The van der Waals surface area contributed by atoms with Crippen molar-refractivity contribution < 1.29 is 72.4 Å². The number of anilines is 1. The van der Waals surface area contributed by atoms with Gasteiger partial charge in [-0.15, -0.1) is 0 Å². The summed E-state index contributed by atoms with van der Waals surface area (Å²) in [6.45, 7) is -1.54. The van der Waals surface area contributed by atoms with E-state index in [1.54, 1.807) is 0 Å². The first kappa shape index (κ1) is 29.7. The lowest BCUT2D eigenvalue weighted by Crippen LogP contribution is -2.34. The van der Waals surface area contributed by atoms with Crippen molar-refractivity contribution >= 4 is 33.7 Å². The molecule has 0 aliphatic carbocycles. The molecule has 2 saturated heterocycles. The summed E-state index contributed by atoms with van der Waals surface area (Å²) < 4.78 is 42.0. The molecule has 1 amide bonds. The first-order valence-corrected chi connectivity index (χ1v) is 13.2. The Balaban J connectivity index is 1.74. The summed E-state index contributed by atoms with van der Waals surface area (Å²) >= 11 is 0. The van der Waals surface area contributed by atoms with Crippen molar-refractivity contribution in [2.75, 3.05) is 18.5 Å². The normalized spacial score (nSPS) is 32.9. The topological polar surface area (TPSA) is 318 Å². The van der Waals surface area contributed by atoms with Crippen molar-refractivity contribution in [3.63, 3.8) is 0 Å². The first-order chi connectivity index (χ1) is 17.1. The van der Waals surface area contributed by atoms with E-state index in [0.29, 0.717) is 0 Å². The van der Waals surface area contributed by atoms with Gasteiger partial charge in [0.25, 0.3) is 5.91 Å². The molecule has 0 saturated carbocycles. The zero-order chi connectivity index (χ0) is 27.7. The molecule has 210 valence electrons. The second-order valence-corrected chi connectivity index (χ2v) is 10.3. The molecule has 37 heavy (non-hydrogen) atoms. The second kappa shape index (κ2) is 11.5. The van der Waals surface area contributed by atoms with Crippen LogP contribution < -0.4 is 11.1 Å². The molecule has 3 heterocycles. The van der Waals surface area contributed by atoms with Gasteiger partial charge in [-0.1, -0.05) is 0 Å². The third-order valence-electron chi connectivity index (χ3n) is 5.21. The molecule has 2 aliphatic heterocycles. The third kappa shape index (κ3) is 7.37. The highest BCUT2D eigenvalue weighted by atomic mass is 31.2. The van der Waals surface area contributed by atoms with E-state index in [2.05, 4.69) is 24.3 Å². The molecule has 1 aromatic heterocycles. The number of primary amides is 1. The number of ether oxygens (including phenoxy) is 2. The minimum absolute atomic E-state index is 0.224. The molecule has 8 atom stereocenters. The van der Waals surface area contributed by atoms with Gasteiger partial charge in [-0.2, -0.15) is 0 Å².